The third-order valence-corrected chi connectivity index (χ3v) is 4.21. The number of hydroxylamine groups is 1. The van der Waals surface area contributed by atoms with Gasteiger partial charge in [0, 0.05) is 39.0 Å². The van der Waals surface area contributed by atoms with Gasteiger partial charge in [0.2, 0.25) is 0 Å². The molecule has 20 heavy (non-hydrogen) atoms. The molecule has 3 heterocycles. The Morgan fingerprint density at radius 1 is 1.45 bits per heavy atom. The number of hydrogen-bond donors (Lipinski definition) is 2. The summed E-state index contributed by atoms with van der Waals surface area (Å²) in [4.78, 5) is 7.00. The molecule has 1 aromatic rings. The highest BCUT2D eigenvalue weighted by Gasteiger charge is 2.22. The van der Waals surface area contributed by atoms with Crippen LogP contribution in [0.3, 0.4) is 0 Å². The van der Waals surface area contributed by atoms with E-state index in [0.29, 0.717) is 12.6 Å². The summed E-state index contributed by atoms with van der Waals surface area (Å²) in [5.41, 5.74) is 5.72. The molecule has 0 unspecified atom stereocenters. The van der Waals surface area contributed by atoms with Crippen molar-refractivity contribution in [3.8, 4) is 0 Å². The zero-order chi connectivity index (χ0) is 13.8. The highest BCUT2D eigenvalue weighted by molar-refractivity contribution is 5.27. The molecule has 0 spiro atoms. The first kappa shape index (κ1) is 13.9. The van der Waals surface area contributed by atoms with Gasteiger partial charge in [-0.25, -0.2) is 5.48 Å². The summed E-state index contributed by atoms with van der Waals surface area (Å²) in [5.74, 6) is 0. The second-order valence-corrected chi connectivity index (χ2v) is 5.76. The third-order valence-electron chi connectivity index (χ3n) is 4.21. The van der Waals surface area contributed by atoms with Crippen LogP contribution in [-0.4, -0.2) is 40.9 Å². The minimum Gasteiger partial charge on any atom is -0.377 e. The lowest BCUT2D eigenvalue weighted by molar-refractivity contribution is -0.00827. The van der Waals surface area contributed by atoms with E-state index in [1.807, 2.05) is 6.20 Å². The summed E-state index contributed by atoms with van der Waals surface area (Å²) in [6.07, 6.45) is 6.99. The van der Waals surface area contributed by atoms with Gasteiger partial charge < -0.3 is 9.94 Å². The molecule has 2 aliphatic rings. The molecule has 0 bridgehead atoms. The molecule has 1 atom stereocenters. The fraction of sp³-hybridized carbons (Fsp3) is 0.667. The Morgan fingerprint density at radius 3 is 3.20 bits per heavy atom. The van der Waals surface area contributed by atoms with Crippen LogP contribution in [-0.2, 0) is 24.2 Å². The molecule has 2 N–H and O–H groups in total. The lowest BCUT2D eigenvalue weighted by Gasteiger charge is -2.32. The molecule has 1 fully saturated rings. The molecule has 2 aliphatic heterocycles. The first-order valence-corrected chi connectivity index (χ1v) is 7.53. The summed E-state index contributed by atoms with van der Waals surface area (Å²) >= 11 is 0. The first-order chi connectivity index (χ1) is 9.85. The van der Waals surface area contributed by atoms with Gasteiger partial charge in [-0.15, -0.1) is 0 Å². The van der Waals surface area contributed by atoms with E-state index in [-0.39, 0.29) is 0 Å². The Morgan fingerprint density at radius 2 is 2.40 bits per heavy atom. The van der Waals surface area contributed by atoms with Crippen molar-refractivity contribution in [3.63, 3.8) is 0 Å². The van der Waals surface area contributed by atoms with Crippen LogP contribution in [0.5, 0.6) is 0 Å². The number of rotatable bonds is 4. The second-order valence-electron chi connectivity index (χ2n) is 5.76. The van der Waals surface area contributed by atoms with Gasteiger partial charge in [-0.2, -0.15) is 0 Å². The van der Waals surface area contributed by atoms with Gasteiger partial charge in [-0.05, 0) is 36.8 Å². The van der Waals surface area contributed by atoms with Gasteiger partial charge in [0.25, 0.3) is 0 Å². The van der Waals surface area contributed by atoms with Crippen LogP contribution >= 0.6 is 0 Å². The molecule has 1 saturated heterocycles. The number of pyridine rings is 1. The van der Waals surface area contributed by atoms with E-state index >= 15 is 0 Å². The van der Waals surface area contributed by atoms with Crippen LogP contribution in [0, 0.1) is 0 Å². The van der Waals surface area contributed by atoms with Crippen LogP contribution < -0.4 is 5.48 Å². The maximum Gasteiger partial charge on any atom is 0.0702 e. The van der Waals surface area contributed by atoms with Crippen molar-refractivity contribution in [1.29, 1.82) is 0 Å². The van der Waals surface area contributed by atoms with Crippen LogP contribution in [0.15, 0.2) is 12.3 Å². The molecule has 0 amide bonds. The van der Waals surface area contributed by atoms with Crippen LogP contribution in [0.4, 0.5) is 0 Å². The van der Waals surface area contributed by atoms with E-state index in [0.717, 1.165) is 38.2 Å². The summed E-state index contributed by atoms with van der Waals surface area (Å²) in [6, 6.07) is 2.15. The predicted molar refractivity (Wildman–Crippen MR) is 75.4 cm³/mol. The molecule has 1 aromatic heterocycles. The van der Waals surface area contributed by atoms with E-state index in [2.05, 4.69) is 21.4 Å². The van der Waals surface area contributed by atoms with Gasteiger partial charge in [0.1, 0.15) is 0 Å². The Hall–Kier alpha value is -1.01. The zero-order valence-corrected chi connectivity index (χ0v) is 11.8. The second kappa shape index (κ2) is 6.63. The highest BCUT2D eigenvalue weighted by Crippen LogP contribution is 2.20. The molecule has 5 heteroatoms. The van der Waals surface area contributed by atoms with Crippen LogP contribution in [0.1, 0.15) is 36.1 Å². The van der Waals surface area contributed by atoms with Crippen molar-refractivity contribution in [2.45, 2.75) is 44.9 Å². The van der Waals surface area contributed by atoms with Crippen molar-refractivity contribution in [3.05, 3.63) is 29.1 Å². The Balaban J connectivity index is 1.60. The SMILES string of the molecule is ONCc1cnc2c(c1)CCN(C[C@@H]1CCCCO1)C2. The predicted octanol–water partition coefficient (Wildman–Crippen LogP) is 1.49. The molecule has 110 valence electrons. The minimum absolute atomic E-state index is 0.406. The summed E-state index contributed by atoms with van der Waals surface area (Å²) in [6.45, 7) is 4.40. The zero-order valence-electron chi connectivity index (χ0n) is 11.8. The Kier molecular flexibility index (Phi) is 4.62. The summed E-state index contributed by atoms with van der Waals surface area (Å²) in [7, 11) is 0. The van der Waals surface area contributed by atoms with E-state index < -0.39 is 0 Å². The minimum atomic E-state index is 0.406. The number of nitrogens with one attached hydrogen (secondary N) is 1. The smallest absolute Gasteiger partial charge is 0.0702 e. The number of hydrogen-bond acceptors (Lipinski definition) is 5. The first-order valence-electron chi connectivity index (χ1n) is 7.53. The van der Waals surface area contributed by atoms with Gasteiger partial charge in [0.05, 0.1) is 11.8 Å². The average molecular weight is 277 g/mol. The van der Waals surface area contributed by atoms with Crippen molar-refractivity contribution >= 4 is 0 Å². The highest BCUT2D eigenvalue weighted by atomic mass is 16.5. The number of ether oxygens (including phenoxy) is 1. The normalized spacial score (nSPS) is 23.6. The third kappa shape index (κ3) is 3.35. The van der Waals surface area contributed by atoms with Gasteiger partial charge in [-0.3, -0.25) is 9.88 Å². The quantitative estimate of drug-likeness (QED) is 0.817. The standard InChI is InChI=1S/C15H23N3O2/c19-17-9-12-7-13-4-5-18(11-15(13)16-8-12)10-14-3-1-2-6-20-14/h7-8,14,17,19H,1-6,9-11H2/t14-/m0/s1. The molecule has 0 saturated carbocycles. The largest absolute Gasteiger partial charge is 0.377 e. The molecule has 0 aliphatic carbocycles. The maximum absolute atomic E-state index is 8.75. The molecule has 0 radical (unpaired) electrons. The molecule has 5 nitrogen and oxygen atoms in total. The van der Waals surface area contributed by atoms with E-state index in [9.17, 15) is 0 Å². The number of fused-ring (bicyclic) bond motifs is 1. The fourth-order valence-electron chi connectivity index (χ4n) is 3.10. The molecule has 0 aromatic carbocycles. The lowest BCUT2D eigenvalue weighted by atomic mass is 10.0. The van der Waals surface area contributed by atoms with Gasteiger partial charge in [-0.1, -0.05) is 6.07 Å². The number of nitrogens with zero attached hydrogens (tertiary/aromatic N) is 2. The summed E-state index contributed by atoms with van der Waals surface area (Å²) < 4.78 is 5.82. The van der Waals surface area contributed by atoms with Gasteiger partial charge in [0.15, 0.2) is 0 Å². The van der Waals surface area contributed by atoms with Crippen LogP contribution in [0.25, 0.3) is 0 Å². The Labute approximate surface area is 119 Å². The molecular formula is C15H23N3O2. The molecule has 3 rings (SSSR count). The van der Waals surface area contributed by atoms with E-state index in [4.69, 9.17) is 9.94 Å². The molecular weight excluding hydrogens is 254 g/mol. The van der Waals surface area contributed by atoms with Crippen molar-refractivity contribution in [2.75, 3.05) is 19.7 Å². The monoisotopic (exact) mass is 277 g/mol. The fourth-order valence-corrected chi connectivity index (χ4v) is 3.10. The van der Waals surface area contributed by atoms with E-state index in [1.165, 1.54) is 30.5 Å². The van der Waals surface area contributed by atoms with Crippen molar-refractivity contribution in [1.82, 2.24) is 15.4 Å². The average Bonchev–Trinajstić information content (AvgIpc) is 2.49. The maximum atomic E-state index is 8.75. The topological polar surface area (TPSA) is 57.6 Å². The van der Waals surface area contributed by atoms with Gasteiger partial charge >= 0.3 is 0 Å². The summed E-state index contributed by atoms with van der Waals surface area (Å²) in [5, 5.41) is 8.75. The number of aromatic nitrogens is 1. The van der Waals surface area contributed by atoms with E-state index in [1.54, 1.807) is 0 Å². The Bertz CT molecular complexity index is 447. The lowest BCUT2D eigenvalue weighted by Crippen LogP contribution is -2.39. The van der Waals surface area contributed by atoms with Crippen molar-refractivity contribution in [2.24, 2.45) is 0 Å². The van der Waals surface area contributed by atoms with Crippen molar-refractivity contribution < 1.29 is 9.94 Å². The van der Waals surface area contributed by atoms with Crippen LogP contribution in [0.2, 0.25) is 0 Å².